The first-order chi connectivity index (χ1) is 9.47. The molecule has 1 aromatic rings. The van der Waals surface area contributed by atoms with Crippen LogP contribution in [0.15, 0.2) is 36.9 Å². The highest BCUT2D eigenvalue weighted by Crippen LogP contribution is 2.03. The fraction of sp³-hybridized carbons (Fsp3) is 0.357. The minimum atomic E-state index is -1.79. The molecule has 6 nitrogen and oxygen atoms in total. The van der Waals surface area contributed by atoms with Crippen LogP contribution in [0.25, 0.3) is 6.08 Å². The molecule has 0 aliphatic rings. The van der Waals surface area contributed by atoms with E-state index < -0.39 is 31.0 Å². The third-order valence-corrected chi connectivity index (χ3v) is 2.46. The van der Waals surface area contributed by atoms with Gasteiger partial charge in [0.15, 0.2) is 6.29 Å². The van der Waals surface area contributed by atoms with Gasteiger partial charge in [0, 0.05) is 0 Å². The Kier molecular flexibility index (Phi) is 9.44. The quantitative estimate of drug-likeness (QED) is 0.425. The summed E-state index contributed by atoms with van der Waals surface area (Å²) >= 11 is 0. The van der Waals surface area contributed by atoms with Crippen molar-refractivity contribution in [2.24, 2.45) is 0 Å². The van der Waals surface area contributed by atoms with E-state index >= 15 is 0 Å². The molecule has 0 aliphatic carbocycles. The summed E-state index contributed by atoms with van der Waals surface area (Å²) in [4.78, 5) is 9.90. The first kappa shape index (κ1) is 18.4. The summed E-state index contributed by atoms with van der Waals surface area (Å²) in [5, 5.41) is 43.5. The van der Waals surface area contributed by atoms with Gasteiger partial charge in [0.1, 0.15) is 24.4 Å². The average molecular weight is 284 g/mol. The summed E-state index contributed by atoms with van der Waals surface area (Å²) in [6.07, 6.45) is -5.01. The smallest absolute Gasteiger partial charge is 0.151 e. The summed E-state index contributed by atoms with van der Waals surface area (Å²) < 4.78 is 0. The van der Waals surface area contributed by atoms with Crippen molar-refractivity contribution < 1.29 is 30.3 Å². The number of hydrogen-bond acceptors (Lipinski definition) is 6. The molecule has 0 fully saturated rings. The van der Waals surface area contributed by atoms with Crippen LogP contribution in [-0.4, -0.2) is 62.8 Å². The average Bonchev–Trinajstić information content (AvgIpc) is 2.53. The number of hydrogen-bond donors (Lipinski definition) is 5. The van der Waals surface area contributed by atoms with E-state index in [4.69, 9.17) is 25.5 Å². The lowest BCUT2D eigenvalue weighted by Crippen LogP contribution is -2.46. The minimum Gasteiger partial charge on any atom is -0.394 e. The van der Waals surface area contributed by atoms with Gasteiger partial charge in [-0.05, 0) is 5.56 Å². The molecule has 1 rings (SSSR count). The molecule has 0 aliphatic heterocycles. The van der Waals surface area contributed by atoms with E-state index in [0.717, 1.165) is 0 Å². The lowest BCUT2D eigenvalue weighted by molar-refractivity contribution is -0.136. The van der Waals surface area contributed by atoms with E-state index in [1.807, 2.05) is 36.4 Å². The Bertz CT molecular complexity index is 381. The third-order valence-electron chi connectivity index (χ3n) is 2.46. The second kappa shape index (κ2) is 10.2. The number of aldehydes is 1. The second-order valence-electron chi connectivity index (χ2n) is 3.97. The summed E-state index contributed by atoms with van der Waals surface area (Å²) in [6.45, 7) is 2.87. The Morgan fingerprint density at radius 2 is 1.60 bits per heavy atom. The molecule has 0 radical (unpaired) electrons. The highest BCUT2D eigenvalue weighted by molar-refractivity contribution is 5.56. The van der Waals surface area contributed by atoms with Crippen LogP contribution in [0.3, 0.4) is 0 Å². The molecule has 20 heavy (non-hydrogen) atoms. The molecule has 0 amide bonds. The topological polar surface area (TPSA) is 118 Å². The zero-order valence-corrected chi connectivity index (χ0v) is 10.9. The highest BCUT2D eigenvalue weighted by Gasteiger charge is 2.29. The van der Waals surface area contributed by atoms with Crippen LogP contribution in [0.2, 0.25) is 0 Å². The summed E-state index contributed by atoms with van der Waals surface area (Å²) in [6, 6.07) is 10.0. The van der Waals surface area contributed by atoms with Crippen molar-refractivity contribution in [3.63, 3.8) is 0 Å². The monoisotopic (exact) mass is 284 g/mol. The number of carbonyl (C=O) groups is 1. The van der Waals surface area contributed by atoms with E-state index in [2.05, 4.69) is 6.58 Å². The predicted molar refractivity (Wildman–Crippen MR) is 73.7 cm³/mol. The minimum absolute atomic E-state index is 0.0258. The zero-order valence-electron chi connectivity index (χ0n) is 10.9. The fourth-order valence-corrected chi connectivity index (χ4v) is 1.21. The molecule has 6 heteroatoms. The van der Waals surface area contributed by atoms with Crippen LogP contribution in [0.1, 0.15) is 5.56 Å². The predicted octanol–water partition coefficient (Wildman–Crippen LogP) is -1.05. The van der Waals surface area contributed by atoms with Gasteiger partial charge in [-0.2, -0.15) is 0 Å². The van der Waals surface area contributed by atoms with Crippen molar-refractivity contribution >= 4 is 12.4 Å². The second-order valence-corrected chi connectivity index (χ2v) is 3.97. The molecule has 0 saturated carbocycles. The van der Waals surface area contributed by atoms with Crippen molar-refractivity contribution in [3.8, 4) is 0 Å². The Morgan fingerprint density at radius 3 is 1.95 bits per heavy atom. The molecule has 0 saturated heterocycles. The van der Waals surface area contributed by atoms with Crippen molar-refractivity contribution in [2.45, 2.75) is 24.4 Å². The first-order valence-electron chi connectivity index (χ1n) is 5.93. The van der Waals surface area contributed by atoms with Crippen molar-refractivity contribution in [3.05, 3.63) is 42.5 Å². The molecule has 1 aromatic carbocycles. The molecule has 0 bridgehead atoms. The molecule has 0 heterocycles. The third kappa shape index (κ3) is 6.55. The van der Waals surface area contributed by atoms with Gasteiger partial charge in [0.05, 0.1) is 6.61 Å². The highest BCUT2D eigenvalue weighted by atomic mass is 16.4. The van der Waals surface area contributed by atoms with Gasteiger partial charge in [-0.1, -0.05) is 43.0 Å². The van der Waals surface area contributed by atoms with Gasteiger partial charge in [-0.15, -0.1) is 0 Å². The number of carbonyl (C=O) groups excluding carboxylic acids is 1. The van der Waals surface area contributed by atoms with Gasteiger partial charge < -0.3 is 30.3 Å². The van der Waals surface area contributed by atoms with Crippen LogP contribution < -0.4 is 0 Å². The Hall–Kier alpha value is -1.57. The Labute approximate surface area is 117 Å². The largest absolute Gasteiger partial charge is 0.394 e. The summed E-state index contributed by atoms with van der Waals surface area (Å²) in [5.41, 5.74) is 1.17. The van der Waals surface area contributed by atoms with Crippen LogP contribution in [0, 0.1) is 0 Å². The first-order valence-corrected chi connectivity index (χ1v) is 5.93. The number of aliphatic hydroxyl groups is 5. The maximum absolute atomic E-state index is 9.90. The van der Waals surface area contributed by atoms with Crippen LogP contribution in [0.5, 0.6) is 0 Å². The lowest BCUT2D eigenvalue weighted by atomic mass is 10.0. The van der Waals surface area contributed by atoms with Crippen molar-refractivity contribution in [2.75, 3.05) is 6.61 Å². The molecule has 5 N–H and O–H groups in total. The molecule has 0 unspecified atom stereocenters. The Balaban J connectivity index is 0.000000388. The normalized spacial score (nSPS) is 16.1. The molecular weight excluding hydrogens is 264 g/mol. The van der Waals surface area contributed by atoms with Crippen molar-refractivity contribution in [1.29, 1.82) is 0 Å². The van der Waals surface area contributed by atoms with E-state index in [1.54, 1.807) is 0 Å². The number of benzene rings is 1. The molecule has 4 atom stereocenters. The van der Waals surface area contributed by atoms with Gasteiger partial charge in [0.25, 0.3) is 0 Å². The Morgan fingerprint density at radius 1 is 1.05 bits per heavy atom. The molecule has 0 aromatic heterocycles. The van der Waals surface area contributed by atoms with Crippen molar-refractivity contribution in [1.82, 2.24) is 0 Å². The van der Waals surface area contributed by atoms with Gasteiger partial charge in [-0.3, -0.25) is 0 Å². The molecule has 0 spiro atoms. The van der Waals surface area contributed by atoms with E-state index in [9.17, 15) is 4.79 Å². The fourth-order valence-electron chi connectivity index (χ4n) is 1.21. The SMILES string of the molecule is C=Cc1ccccc1.O=C[C@H](O)[C@@H](O)[C@H](O)[C@H](O)CO. The van der Waals surface area contributed by atoms with Crippen LogP contribution in [0.4, 0.5) is 0 Å². The van der Waals surface area contributed by atoms with Gasteiger partial charge in [-0.25, -0.2) is 0 Å². The summed E-state index contributed by atoms with van der Waals surface area (Å²) in [7, 11) is 0. The van der Waals surface area contributed by atoms with Crippen LogP contribution >= 0.6 is 0 Å². The lowest BCUT2D eigenvalue weighted by Gasteiger charge is -2.22. The van der Waals surface area contributed by atoms with Gasteiger partial charge >= 0.3 is 0 Å². The van der Waals surface area contributed by atoms with E-state index in [1.165, 1.54) is 5.56 Å². The maximum Gasteiger partial charge on any atom is 0.151 e. The molecular formula is C14H20O6. The van der Waals surface area contributed by atoms with E-state index in [-0.39, 0.29) is 6.29 Å². The van der Waals surface area contributed by atoms with Gasteiger partial charge in [0.2, 0.25) is 0 Å². The van der Waals surface area contributed by atoms with Crippen LogP contribution in [-0.2, 0) is 4.79 Å². The van der Waals surface area contributed by atoms with E-state index in [0.29, 0.717) is 0 Å². The summed E-state index contributed by atoms with van der Waals surface area (Å²) in [5.74, 6) is 0. The molecule has 112 valence electrons. The number of rotatable bonds is 6. The number of aliphatic hydroxyl groups excluding tert-OH is 5. The standard InChI is InChI=1S/C8H8.C6H12O6/c1-2-8-6-4-3-5-7-8;7-1-3(9)5(11)6(12)4(10)2-8/h2-7H,1H2;1,3-6,8-12H,2H2/t;3-,4+,5+,6+/m.0/s1. The maximum atomic E-state index is 9.90. The zero-order chi connectivity index (χ0) is 15.5.